The normalized spacial score (nSPS) is 10.9. The third kappa shape index (κ3) is 5.89. The predicted octanol–water partition coefficient (Wildman–Crippen LogP) is 3.93. The maximum absolute atomic E-state index is 13.0. The van der Waals surface area contributed by atoms with E-state index in [1.807, 2.05) is 13.0 Å². The molecule has 0 atom stereocenters. The Morgan fingerprint density at radius 3 is 2.65 bits per heavy atom. The van der Waals surface area contributed by atoms with Gasteiger partial charge in [-0.1, -0.05) is 29.4 Å². The smallest absolute Gasteiger partial charge is 0.251 e. The number of nitrogens with one attached hydrogen (secondary N) is 2. The number of amides is 2. The molecule has 0 aliphatic rings. The van der Waals surface area contributed by atoms with Gasteiger partial charge in [-0.25, -0.2) is 4.39 Å². The molecule has 2 heterocycles. The van der Waals surface area contributed by atoms with Gasteiger partial charge in [0.2, 0.25) is 5.91 Å². The van der Waals surface area contributed by atoms with Crippen molar-refractivity contribution in [2.24, 2.45) is 0 Å². The van der Waals surface area contributed by atoms with Gasteiger partial charge in [-0.05, 0) is 61.0 Å². The highest BCUT2D eigenvalue weighted by molar-refractivity contribution is 7.99. The van der Waals surface area contributed by atoms with Crippen LogP contribution in [0.4, 0.5) is 10.1 Å². The van der Waals surface area contributed by atoms with Gasteiger partial charge >= 0.3 is 0 Å². The number of anilines is 1. The zero-order valence-electron chi connectivity index (χ0n) is 18.1. The van der Waals surface area contributed by atoms with Gasteiger partial charge in [-0.2, -0.15) is 9.61 Å². The molecule has 0 spiro atoms. The van der Waals surface area contributed by atoms with Crippen molar-refractivity contribution >= 4 is 46.5 Å². The van der Waals surface area contributed by atoms with Crippen LogP contribution in [0.15, 0.2) is 59.6 Å². The molecule has 2 aromatic heterocycles. The number of fused-ring (bicyclic) bond motifs is 1. The van der Waals surface area contributed by atoms with Crippen molar-refractivity contribution in [1.82, 2.24) is 25.1 Å². The van der Waals surface area contributed by atoms with Crippen LogP contribution in [-0.4, -0.2) is 43.9 Å². The molecule has 0 unspecified atom stereocenters. The van der Waals surface area contributed by atoms with Crippen LogP contribution < -0.4 is 10.6 Å². The van der Waals surface area contributed by atoms with Crippen LogP contribution in [0.1, 0.15) is 21.7 Å². The van der Waals surface area contributed by atoms with Gasteiger partial charge in [-0.15, -0.1) is 10.2 Å². The second-order valence-electron chi connectivity index (χ2n) is 7.37. The van der Waals surface area contributed by atoms with E-state index in [1.54, 1.807) is 28.8 Å². The molecule has 34 heavy (non-hydrogen) atoms. The monoisotopic (exact) mass is 498 g/mol. The first-order chi connectivity index (χ1) is 16.4. The summed E-state index contributed by atoms with van der Waals surface area (Å²) in [6, 6.07) is 14.2. The lowest BCUT2D eigenvalue weighted by Gasteiger charge is -2.07. The predicted molar refractivity (Wildman–Crippen MR) is 129 cm³/mol. The largest absolute Gasteiger partial charge is 0.352 e. The van der Waals surface area contributed by atoms with Gasteiger partial charge in [0, 0.05) is 29.2 Å². The van der Waals surface area contributed by atoms with E-state index >= 15 is 0 Å². The Bertz CT molecular complexity index is 1350. The minimum Gasteiger partial charge on any atom is -0.352 e. The summed E-state index contributed by atoms with van der Waals surface area (Å²) in [7, 11) is 0. The lowest BCUT2D eigenvalue weighted by Crippen LogP contribution is -2.26. The molecule has 0 aliphatic carbocycles. The van der Waals surface area contributed by atoms with Crippen molar-refractivity contribution in [3.05, 3.63) is 82.4 Å². The minimum absolute atomic E-state index is 0.162. The fourth-order valence-electron chi connectivity index (χ4n) is 3.05. The Hall–Kier alpha value is -3.50. The average Bonchev–Trinajstić information content (AvgIpc) is 3.23. The van der Waals surface area contributed by atoms with E-state index in [-0.39, 0.29) is 17.6 Å². The van der Waals surface area contributed by atoms with Crippen LogP contribution in [0.3, 0.4) is 0 Å². The summed E-state index contributed by atoms with van der Waals surface area (Å²) in [5.74, 6) is -0.160. The molecule has 0 fully saturated rings. The van der Waals surface area contributed by atoms with Gasteiger partial charge < -0.3 is 10.6 Å². The molecule has 0 saturated carbocycles. The van der Waals surface area contributed by atoms with E-state index in [0.717, 1.165) is 5.56 Å². The van der Waals surface area contributed by atoms with Crippen molar-refractivity contribution < 1.29 is 14.0 Å². The molecule has 2 N–H and O–H groups in total. The Kier molecular flexibility index (Phi) is 7.39. The van der Waals surface area contributed by atoms with Crippen molar-refractivity contribution in [3.8, 4) is 0 Å². The summed E-state index contributed by atoms with van der Waals surface area (Å²) in [6.45, 7) is 2.20. The lowest BCUT2D eigenvalue weighted by atomic mass is 10.2. The first-order valence-corrected chi connectivity index (χ1v) is 11.7. The number of thioether (sulfide) groups is 1. The van der Waals surface area contributed by atoms with Crippen molar-refractivity contribution in [1.29, 1.82) is 0 Å². The number of aryl methyl sites for hydroxylation is 1. The summed E-state index contributed by atoms with van der Waals surface area (Å²) in [6.07, 6.45) is 0.393. The number of carbonyl (C=O) groups excluding carboxylic acids is 2. The lowest BCUT2D eigenvalue weighted by molar-refractivity contribution is -0.113. The Morgan fingerprint density at radius 1 is 1.09 bits per heavy atom. The first kappa shape index (κ1) is 23.7. The van der Waals surface area contributed by atoms with Crippen LogP contribution in [0.5, 0.6) is 0 Å². The summed E-state index contributed by atoms with van der Waals surface area (Å²) in [5.41, 5.74) is 2.50. The zero-order valence-corrected chi connectivity index (χ0v) is 19.7. The van der Waals surface area contributed by atoms with Crippen LogP contribution in [0.25, 0.3) is 5.65 Å². The number of benzene rings is 2. The highest BCUT2D eigenvalue weighted by Crippen LogP contribution is 2.21. The summed E-state index contributed by atoms with van der Waals surface area (Å²) in [4.78, 5) is 24.5. The van der Waals surface area contributed by atoms with Gasteiger partial charge in [0.05, 0.1) is 5.75 Å². The number of halogens is 2. The van der Waals surface area contributed by atoms with Crippen LogP contribution in [0, 0.1) is 12.7 Å². The topological polar surface area (TPSA) is 101 Å². The van der Waals surface area contributed by atoms with E-state index in [9.17, 15) is 14.0 Å². The summed E-state index contributed by atoms with van der Waals surface area (Å²) in [5, 5.41) is 19.5. The standard InChI is InChI=1S/C23H20ClFN6O2S/c1-14-2-7-17(12-18(14)24)27-21(32)13-34-22-9-8-19-28-29-20(31(19)30-22)10-11-26-23(33)15-3-5-16(25)6-4-15/h2-9,12H,10-11,13H2,1H3,(H,26,33)(H,27,32). The molecule has 174 valence electrons. The fourth-order valence-corrected chi connectivity index (χ4v) is 3.88. The summed E-state index contributed by atoms with van der Waals surface area (Å²) >= 11 is 7.38. The van der Waals surface area contributed by atoms with Crippen LogP contribution in [0.2, 0.25) is 5.02 Å². The van der Waals surface area contributed by atoms with Gasteiger partial charge in [0.1, 0.15) is 10.8 Å². The molecule has 8 nitrogen and oxygen atoms in total. The number of hydrogen-bond acceptors (Lipinski definition) is 6. The SMILES string of the molecule is Cc1ccc(NC(=O)CSc2ccc3nnc(CCNC(=O)c4ccc(F)cc4)n3n2)cc1Cl. The highest BCUT2D eigenvalue weighted by atomic mass is 35.5. The Morgan fingerprint density at radius 2 is 1.88 bits per heavy atom. The fraction of sp³-hybridized carbons (Fsp3) is 0.174. The Labute approximate surface area is 203 Å². The van der Waals surface area contributed by atoms with Crippen molar-refractivity contribution in [2.75, 3.05) is 17.6 Å². The molecular formula is C23H20ClFN6O2S. The number of hydrogen-bond donors (Lipinski definition) is 2. The van der Waals surface area contributed by atoms with E-state index in [4.69, 9.17) is 11.6 Å². The van der Waals surface area contributed by atoms with E-state index in [0.29, 0.717) is 45.7 Å². The van der Waals surface area contributed by atoms with Gasteiger partial charge in [0.15, 0.2) is 11.5 Å². The van der Waals surface area contributed by atoms with Crippen molar-refractivity contribution in [3.63, 3.8) is 0 Å². The molecule has 0 radical (unpaired) electrons. The average molecular weight is 499 g/mol. The minimum atomic E-state index is -0.400. The van der Waals surface area contributed by atoms with Gasteiger partial charge in [-0.3, -0.25) is 9.59 Å². The van der Waals surface area contributed by atoms with E-state index in [1.165, 1.54) is 36.0 Å². The molecule has 0 bridgehead atoms. The molecule has 2 amide bonds. The number of nitrogens with zero attached hydrogens (tertiary/aromatic N) is 4. The first-order valence-electron chi connectivity index (χ1n) is 10.3. The molecule has 0 aliphatic heterocycles. The second-order valence-corrected chi connectivity index (χ2v) is 8.77. The second kappa shape index (κ2) is 10.6. The zero-order chi connectivity index (χ0) is 24.1. The third-order valence-electron chi connectivity index (χ3n) is 4.85. The van der Waals surface area contributed by atoms with E-state index < -0.39 is 5.82 Å². The third-order valence-corrected chi connectivity index (χ3v) is 6.18. The molecule has 2 aromatic carbocycles. The van der Waals surface area contributed by atoms with Gasteiger partial charge in [0.25, 0.3) is 5.91 Å². The van der Waals surface area contributed by atoms with Crippen LogP contribution >= 0.6 is 23.4 Å². The number of rotatable bonds is 8. The molecule has 4 rings (SSSR count). The molecular weight excluding hydrogens is 479 g/mol. The van der Waals surface area contributed by atoms with Crippen molar-refractivity contribution in [2.45, 2.75) is 18.4 Å². The maximum Gasteiger partial charge on any atom is 0.251 e. The number of aromatic nitrogens is 4. The summed E-state index contributed by atoms with van der Waals surface area (Å²) < 4.78 is 14.6. The van der Waals surface area contributed by atoms with E-state index in [2.05, 4.69) is 25.9 Å². The Balaban J connectivity index is 1.33. The highest BCUT2D eigenvalue weighted by Gasteiger charge is 2.11. The molecule has 4 aromatic rings. The molecule has 0 saturated heterocycles. The number of carbonyl (C=O) groups is 2. The van der Waals surface area contributed by atoms with Crippen LogP contribution in [-0.2, 0) is 11.2 Å². The quantitative estimate of drug-likeness (QED) is 0.357. The maximum atomic E-state index is 13.0. The molecule has 11 heteroatoms.